The van der Waals surface area contributed by atoms with Crippen molar-refractivity contribution in [1.29, 1.82) is 0 Å². The topological polar surface area (TPSA) is 24.9 Å². The predicted octanol–water partition coefficient (Wildman–Crippen LogP) is 4.22. The molecule has 0 aliphatic rings. The Labute approximate surface area is 109 Å². The standard InChI is InChI=1S/C14H15F3N2/c1-7-5-6-8(2)11-10(7)12(18-4)9(3)13(19-11)14(15,16)17/h5-6H,1-4H3,(H,18,19). The first-order valence-corrected chi connectivity index (χ1v) is 5.92. The maximum atomic E-state index is 13.0. The van der Waals surface area contributed by atoms with Crippen LogP contribution >= 0.6 is 0 Å². The van der Waals surface area contributed by atoms with Crippen LogP contribution in [-0.4, -0.2) is 12.0 Å². The van der Waals surface area contributed by atoms with Crippen LogP contribution in [0.2, 0.25) is 0 Å². The largest absolute Gasteiger partial charge is 0.433 e. The smallest absolute Gasteiger partial charge is 0.387 e. The van der Waals surface area contributed by atoms with Crippen molar-refractivity contribution in [1.82, 2.24) is 4.98 Å². The van der Waals surface area contributed by atoms with E-state index in [0.717, 1.165) is 16.5 Å². The number of halogens is 3. The minimum atomic E-state index is -4.44. The Morgan fingerprint density at radius 2 is 1.63 bits per heavy atom. The third-order valence-electron chi connectivity index (χ3n) is 3.31. The minimum absolute atomic E-state index is 0.135. The average Bonchev–Trinajstić information content (AvgIpc) is 2.32. The average molecular weight is 268 g/mol. The van der Waals surface area contributed by atoms with Gasteiger partial charge in [-0.2, -0.15) is 13.2 Å². The maximum absolute atomic E-state index is 13.0. The number of rotatable bonds is 1. The van der Waals surface area contributed by atoms with E-state index in [-0.39, 0.29) is 5.56 Å². The van der Waals surface area contributed by atoms with Crippen LogP contribution < -0.4 is 5.32 Å². The highest BCUT2D eigenvalue weighted by Crippen LogP contribution is 2.38. The van der Waals surface area contributed by atoms with E-state index in [2.05, 4.69) is 10.3 Å². The van der Waals surface area contributed by atoms with Gasteiger partial charge < -0.3 is 5.32 Å². The van der Waals surface area contributed by atoms with Crippen LogP contribution in [0, 0.1) is 20.8 Å². The molecule has 0 spiro atoms. The molecule has 1 N–H and O–H groups in total. The molecule has 1 aromatic carbocycles. The fourth-order valence-electron chi connectivity index (χ4n) is 2.35. The molecule has 0 bridgehead atoms. The third kappa shape index (κ3) is 2.13. The van der Waals surface area contributed by atoms with E-state index in [4.69, 9.17) is 0 Å². The van der Waals surface area contributed by atoms with Gasteiger partial charge in [-0.15, -0.1) is 0 Å². The van der Waals surface area contributed by atoms with E-state index in [0.29, 0.717) is 11.2 Å². The first kappa shape index (κ1) is 13.6. The quantitative estimate of drug-likeness (QED) is 0.837. The van der Waals surface area contributed by atoms with Crippen molar-refractivity contribution in [3.63, 3.8) is 0 Å². The van der Waals surface area contributed by atoms with Gasteiger partial charge in [-0.25, -0.2) is 4.98 Å². The molecular formula is C14H15F3N2. The van der Waals surface area contributed by atoms with Crippen molar-refractivity contribution < 1.29 is 13.2 Å². The first-order valence-electron chi connectivity index (χ1n) is 5.92. The number of hydrogen-bond donors (Lipinski definition) is 1. The molecule has 2 nitrogen and oxygen atoms in total. The molecule has 0 saturated heterocycles. The van der Waals surface area contributed by atoms with Gasteiger partial charge in [0.25, 0.3) is 0 Å². The fourth-order valence-corrected chi connectivity index (χ4v) is 2.35. The second-order valence-electron chi connectivity index (χ2n) is 4.63. The molecule has 0 atom stereocenters. The molecular weight excluding hydrogens is 253 g/mol. The number of alkyl halides is 3. The molecule has 0 aliphatic heterocycles. The Kier molecular flexibility index (Phi) is 3.16. The summed E-state index contributed by atoms with van der Waals surface area (Å²) in [6.45, 7) is 5.09. The highest BCUT2D eigenvalue weighted by Gasteiger charge is 2.36. The number of anilines is 1. The zero-order valence-electron chi connectivity index (χ0n) is 11.2. The van der Waals surface area contributed by atoms with Gasteiger partial charge in [-0.1, -0.05) is 12.1 Å². The van der Waals surface area contributed by atoms with Crippen LogP contribution in [0.25, 0.3) is 10.9 Å². The summed E-state index contributed by atoms with van der Waals surface area (Å²) in [4.78, 5) is 3.85. The lowest BCUT2D eigenvalue weighted by molar-refractivity contribution is -0.141. The van der Waals surface area contributed by atoms with Crippen LogP contribution in [0.5, 0.6) is 0 Å². The molecule has 0 aliphatic carbocycles. The Bertz CT molecular complexity index is 645. The lowest BCUT2D eigenvalue weighted by atomic mass is 10.00. The van der Waals surface area contributed by atoms with E-state index in [1.165, 1.54) is 6.92 Å². The van der Waals surface area contributed by atoms with E-state index in [9.17, 15) is 13.2 Å². The van der Waals surface area contributed by atoms with Crippen molar-refractivity contribution in [2.75, 3.05) is 12.4 Å². The number of nitrogens with one attached hydrogen (secondary N) is 1. The Hall–Kier alpha value is -1.78. The molecule has 0 radical (unpaired) electrons. The summed E-state index contributed by atoms with van der Waals surface area (Å²) < 4.78 is 39.1. The van der Waals surface area contributed by atoms with Crippen molar-refractivity contribution in [2.24, 2.45) is 0 Å². The molecule has 0 saturated carbocycles. The van der Waals surface area contributed by atoms with Gasteiger partial charge in [0.15, 0.2) is 0 Å². The zero-order valence-corrected chi connectivity index (χ0v) is 11.2. The van der Waals surface area contributed by atoms with Gasteiger partial charge in [0, 0.05) is 23.7 Å². The fraction of sp³-hybridized carbons (Fsp3) is 0.357. The predicted molar refractivity (Wildman–Crippen MR) is 70.5 cm³/mol. The number of aryl methyl sites for hydroxylation is 2. The van der Waals surface area contributed by atoms with Crippen molar-refractivity contribution in [3.05, 3.63) is 34.5 Å². The van der Waals surface area contributed by atoms with Gasteiger partial charge in [0.05, 0.1) is 5.52 Å². The monoisotopic (exact) mass is 268 g/mol. The summed E-state index contributed by atoms with van der Waals surface area (Å²) in [6.07, 6.45) is -4.44. The highest BCUT2D eigenvalue weighted by atomic mass is 19.4. The van der Waals surface area contributed by atoms with Gasteiger partial charge in [0.1, 0.15) is 5.69 Å². The van der Waals surface area contributed by atoms with Crippen LogP contribution in [0.4, 0.5) is 18.9 Å². The lowest BCUT2D eigenvalue weighted by Crippen LogP contribution is -2.13. The van der Waals surface area contributed by atoms with Crippen molar-refractivity contribution in [2.45, 2.75) is 26.9 Å². The number of aromatic nitrogens is 1. The molecule has 102 valence electrons. The third-order valence-corrected chi connectivity index (χ3v) is 3.31. The normalized spacial score (nSPS) is 11.9. The Balaban J connectivity index is 2.99. The summed E-state index contributed by atoms with van der Waals surface area (Å²) in [6, 6.07) is 3.69. The van der Waals surface area contributed by atoms with Crippen LogP contribution in [0.3, 0.4) is 0 Å². The number of fused-ring (bicyclic) bond motifs is 1. The van der Waals surface area contributed by atoms with Crippen molar-refractivity contribution in [3.8, 4) is 0 Å². The molecule has 0 amide bonds. The minimum Gasteiger partial charge on any atom is -0.387 e. The summed E-state index contributed by atoms with van der Waals surface area (Å²) in [5, 5.41) is 3.64. The first-order chi connectivity index (χ1) is 8.77. The molecule has 2 rings (SSSR count). The molecule has 5 heteroatoms. The second kappa shape index (κ2) is 4.40. The van der Waals surface area contributed by atoms with Gasteiger partial charge in [0.2, 0.25) is 0 Å². The number of nitrogens with zero attached hydrogens (tertiary/aromatic N) is 1. The molecule has 0 fully saturated rings. The molecule has 1 heterocycles. The van der Waals surface area contributed by atoms with Crippen LogP contribution in [0.15, 0.2) is 12.1 Å². The van der Waals surface area contributed by atoms with Crippen LogP contribution in [-0.2, 0) is 6.18 Å². The van der Waals surface area contributed by atoms with Crippen molar-refractivity contribution >= 4 is 16.6 Å². The van der Waals surface area contributed by atoms with E-state index >= 15 is 0 Å². The SMILES string of the molecule is CNc1c(C)c(C(F)(F)F)nc2c(C)ccc(C)c12. The molecule has 2 aromatic rings. The zero-order chi connectivity index (χ0) is 14.4. The summed E-state index contributed by atoms with van der Waals surface area (Å²) >= 11 is 0. The number of pyridine rings is 1. The molecule has 0 unspecified atom stereocenters. The van der Waals surface area contributed by atoms with Gasteiger partial charge >= 0.3 is 6.18 Å². The molecule has 19 heavy (non-hydrogen) atoms. The van der Waals surface area contributed by atoms with E-state index in [1.807, 2.05) is 13.0 Å². The van der Waals surface area contributed by atoms with Crippen LogP contribution in [0.1, 0.15) is 22.4 Å². The van der Waals surface area contributed by atoms with Gasteiger partial charge in [-0.3, -0.25) is 0 Å². The van der Waals surface area contributed by atoms with E-state index < -0.39 is 11.9 Å². The summed E-state index contributed by atoms with van der Waals surface area (Å²) in [5.41, 5.74) is 1.87. The second-order valence-corrected chi connectivity index (χ2v) is 4.63. The van der Waals surface area contributed by atoms with E-state index in [1.54, 1.807) is 20.0 Å². The number of hydrogen-bond acceptors (Lipinski definition) is 2. The maximum Gasteiger partial charge on any atom is 0.433 e. The highest BCUT2D eigenvalue weighted by molar-refractivity contribution is 5.97. The Morgan fingerprint density at radius 1 is 1.05 bits per heavy atom. The Morgan fingerprint density at radius 3 is 2.16 bits per heavy atom. The molecule has 1 aromatic heterocycles. The lowest BCUT2D eigenvalue weighted by Gasteiger charge is -2.18. The summed E-state index contributed by atoms with van der Waals surface area (Å²) in [7, 11) is 1.63. The number of benzene rings is 1. The van der Waals surface area contributed by atoms with Gasteiger partial charge in [-0.05, 0) is 31.9 Å². The summed E-state index contributed by atoms with van der Waals surface area (Å²) in [5.74, 6) is 0.